The Labute approximate surface area is 80.3 Å². The quantitative estimate of drug-likeness (QED) is 0.332. The summed E-state index contributed by atoms with van der Waals surface area (Å²) in [4.78, 5) is 20.0. The van der Waals surface area contributed by atoms with Crippen LogP contribution < -0.4 is 0 Å². The third-order valence-corrected chi connectivity index (χ3v) is 4.96. The van der Waals surface area contributed by atoms with Gasteiger partial charge in [0.05, 0.1) is 0 Å². The predicted molar refractivity (Wildman–Crippen MR) is 53.7 cm³/mol. The fourth-order valence-corrected chi connectivity index (χ4v) is 4.04. The Morgan fingerprint density at radius 1 is 1.85 bits per heavy atom. The van der Waals surface area contributed by atoms with E-state index in [9.17, 15) is 14.9 Å². The molecule has 0 aromatic carbocycles. The van der Waals surface area contributed by atoms with Crippen molar-refractivity contribution in [2.45, 2.75) is 5.25 Å². The lowest BCUT2D eigenvalue weighted by Crippen LogP contribution is -2.09. The standard InChI is InChI=1S/C6H7NO4S2/c8-6(9)5-1-3-13(12-5)4-2-7(10)11/h1,3-5H,2H2,(H,8,9). The summed E-state index contributed by atoms with van der Waals surface area (Å²) in [5, 5.41) is 21.3. The molecule has 0 aromatic heterocycles. The van der Waals surface area contributed by atoms with Crippen LogP contribution >= 0.6 is 20.3 Å². The van der Waals surface area contributed by atoms with Crippen molar-refractivity contribution in [1.29, 1.82) is 0 Å². The second-order valence-corrected chi connectivity index (χ2v) is 5.89. The molecule has 2 unspecified atom stereocenters. The normalized spacial score (nSPS) is 26.5. The lowest BCUT2D eigenvalue weighted by atomic mass is 10.4. The first kappa shape index (κ1) is 10.3. The van der Waals surface area contributed by atoms with Crippen LogP contribution in [0.25, 0.3) is 0 Å². The van der Waals surface area contributed by atoms with E-state index in [2.05, 4.69) is 0 Å². The van der Waals surface area contributed by atoms with E-state index in [0.717, 1.165) is 0 Å². The molecule has 13 heavy (non-hydrogen) atoms. The summed E-state index contributed by atoms with van der Waals surface area (Å²) >= 11 is 0. The van der Waals surface area contributed by atoms with E-state index in [-0.39, 0.29) is 6.54 Å². The van der Waals surface area contributed by atoms with Gasteiger partial charge in [0.2, 0.25) is 6.54 Å². The summed E-state index contributed by atoms with van der Waals surface area (Å²) in [5.74, 6) is -0.897. The molecular formula is C6H7NO4S2. The van der Waals surface area contributed by atoms with E-state index in [1.807, 2.05) is 0 Å². The first-order chi connectivity index (χ1) is 6.09. The van der Waals surface area contributed by atoms with E-state index in [1.54, 1.807) is 11.5 Å². The van der Waals surface area contributed by atoms with Gasteiger partial charge in [-0.25, -0.2) is 0 Å². The first-order valence-corrected chi connectivity index (χ1v) is 6.09. The summed E-state index contributed by atoms with van der Waals surface area (Å²) < 4.78 is 0. The zero-order valence-corrected chi connectivity index (χ0v) is 8.09. The molecule has 0 amide bonds. The lowest BCUT2D eigenvalue weighted by Gasteiger charge is -1.98. The molecule has 1 aliphatic heterocycles. The van der Waals surface area contributed by atoms with Gasteiger partial charge in [-0.05, 0) is 5.41 Å². The number of rotatable bonds is 3. The van der Waals surface area contributed by atoms with Gasteiger partial charge in [-0.1, -0.05) is 16.9 Å². The van der Waals surface area contributed by atoms with Crippen LogP contribution in [0.15, 0.2) is 11.5 Å². The third-order valence-electron chi connectivity index (χ3n) is 1.23. The molecule has 2 atom stereocenters. The minimum atomic E-state index is -0.897. The van der Waals surface area contributed by atoms with Crippen LogP contribution in [0.3, 0.4) is 0 Å². The highest BCUT2D eigenvalue weighted by atomic mass is 33.1. The molecule has 0 aromatic rings. The van der Waals surface area contributed by atoms with Crippen molar-refractivity contribution < 1.29 is 14.8 Å². The number of nitro groups is 1. The zero-order valence-electron chi connectivity index (χ0n) is 6.45. The van der Waals surface area contributed by atoms with Gasteiger partial charge in [0.25, 0.3) is 0 Å². The average Bonchev–Trinajstić information content (AvgIpc) is 2.48. The van der Waals surface area contributed by atoms with Gasteiger partial charge < -0.3 is 5.11 Å². The molecule has 1 rings (SSSR count). The van der Waals surface area contributed by atoms with E-state index < -0.39 is 25.7 Å². The Hall–Kier alpha value is -0.820. The van der Waals surface area contributed by atoms with Crippen LogP contribution in [0.4, 0.5) is 0 Å². The van der Waals surface area contributed by atoms with Crippen molar-refractivity contribution in [2.24, 2.45) is 0 Å². The van der Waals surface area contributed by atoms with Crippen molar-refractivity contribution in [2.75, 3.05) is 6.54 Å². The topological polar surface area (TPSA) is 80.4 Å². The summed E-state index contributed by atoms with van der Waals surface area (Å²) in [6.45, 7) is -0.215. The minimum absolute atomic E-state index is 0.215. The fourth-order valence-electron chi connectivity index (χ4n) is 0.685. The van der Waals surface area contributed by atoms with E-state index in [0.29, 0.717) is 0 Å². The number of carboxylic acids is 1. The van der Waals surface area contributed by atoms with Gasteiger partial charge >= 0.3 is 5.97 Å². The Balaban J connectivity index is 2.51. The molecule has 0 bridgehead atoms. The van der Waals surface area contributed by atoms with E-state index >= 15 is 0 Å². The van der Waals surface area contributed by atoms with Crippen molar-refractivity contribution in [3.05, 3.63) is 21.6 Å². The summed E-state index contributed by atoms with van der Waals surface area (Å²) in [6, 6.07) is 0. The van der Waals surface area contributed by atoms with Gasteiger partial charge in [-0.2, -0.15) is 0 Å². The minimum Gasteiger partial charge on any atom is -0.480 e. The zero-order chi connectivity index (χ0) is 9.84. The fraction of sp³-hybridized carbons (Fsp3) is 0.333. The average molecular weight is 221 g/mol. The maximum absolute atomic E-state index is 10.5. The largest absolute Gasteiger partial charge is 0.480 e. The molecule has 5 nitrogen and oxygen atoms in total. The number of aliphatic carboxylic acids is 1. The van der Waals surface area contributed by atoms with Gasteiger partial charge in [0.1, 0.15) is 5.25 Å². The number of hydrogen-bond acceptors (Lipinski definition) is 4. The lowest BCUT2D eigenvalue weighted by molar-refractivity contribution is -0.461. The summed E-state index contributed by atoms with van der Waals surface area (Å²) in [7, 11) is 0.808. The molecule has 1 aliphatic rings. The number of carboxylic acid groups (broad SMARTS) is 1. The molecule has 0 saturated heterocycles. The maximum Gasteiger partial charge on any atom is 0.321 e. The number of carbonyl (C=O) groups is 1. The Bertz CT molecular complexity index is 299. The summed E-state index contributed by atoms with van der Waals surface area (Å²) in [5.41, 5.74) is 0. The first-order valence-electron chi connectivity index (χ1n) is 3.35. The Kier molecular flexibility index (Phi) is 3.49. The highest BCUT2D eigenvalue weighted by molar-refractivity contribution is 8.85. The Morgan fingerprint density at radius 3 is 3.00 bits per heavy atom. The van der Waals surface area contributed by atoms with Gasteiger partial charge in [-0.15, -0.1) is 9.52 Å². The molecule has 72 valence electrons. The monoisotopic (exact) mass is 221 g/mol. The smallest absolute Gasteiger partial charge is 0.321 e. The molecule has 1 N–H and O–H groups in total. The second kappa shape index (κ2) is 4.43. The molecule has 0 saturated carbocycles. The van der Waals surface area contributed by atoms with E-state index in [1.165, 1.54) is 16.2 Å². The predicted octanol–water partition coefficient (Wildman–Crippen LogP) is 0.963. The molecule has 0 radical (unpaired) electrons. The molecule has 1 heterocycles. The van der Waals surface area contributed by atoms with Crippen LogP contribution in [0.5, 0.6) is 0 Å². The van der Waals surface area contributed by atoms with Gasteiger partial charge in [0, 0.05) is 10.3 Å². The van der Waals surface area contributed by atoms with Crippen LogP contribution in [-0.4, -0.2) is 33.2 Å². The SMILES string of the molecule is O=C(O)C1C=CS(=CC[N+](=O)[O-])S1. The molecular weight excluding hydrogens is 214 g/mol. The molecule has 0 fully saturated rings. The van der Waals surface area contributed by atoms with Crippen molar-refractivity contribution in [3.8, 4) is 0 Å². The van der Waals surface area contributed by atoms with Crippen molar-refractivity contribution in [1.82, 2.24) is 0 Å². The van der Waals surface area contributed by atoms with Crippen LogP contribution in [0.1, 0.15) is 0 Å². The second-order valence-electron chi connectivity index (χ2n) is 2.19. The number of hydrogen-bond donors (Lipinski definition) is 1. The van der Waals surface area contributed by atoms with Crippen LogP contribution in [0.2, 0.25) is 0 Å². The molecule has 0 aliphatic carbocycles. The number of nitrogens with zero attached hydrogens (tertiary/aromatic N) is 1. The van der Waals surface area contributed by atoms with Crippen LogP contribution in [-0.2, 0) is 4.79 Å². The van der Waals surface area contributed by atoms with Gasteiger partial charge in [-0.3, -0.25) is 14.9 Å². The van der Waals surface area contributed by atoms with E-state index in [4.69, 9.17) is 5.11 Å². The molecule has 0 spiro atoms. The van der Waals surface area contributed by atoms with Crippen molar-refractivity contribution >= 4 is 31.6 Å². The highest BCUT2D eigenvalue weighted by Crippen LogP contribution is 2.42. The van der Waals surface area contributed by atoms with Gasteiger partial charge in [0.15, 0.2) is 0 Å². The Morgan fingerprint density at radius 2 is 2.54 bits per heavy atom. The highest BCUT2D eigenvalue weighted by Gasteiger charge is 2.20. The maximum atomic E-state index is 10.5. The summed E-state index contributed by atoms with van der Waals surface area (Å²) in [6.07, 6.45) is 1.56. The third kappa shape index (κ3) is 3.19. The van der Waals surface area contributed by atoms with Crippen molar-refractivity contribution in [3.63, 3.8) is 0 Å². The molecule has 7 heteroatoms. The van der Waals surface area contributed by atoms with Crippen LogP contribution in [0, 0.1) is 10.1 Å².